The fourth-order valence-corrected chi connectivity index (χ4v) is 3.58. The molecule has 0 saturated carbocycles. The number of nitrogens with zero attached hydrogens (tertiary/aromatic N) is 2. The lowest BCUT2D eigenvalue weighted by molar-refractivity contribution is -0.385. The minimum Gasteiger partial charge on any atom is -0.315 e. The average Bonchev–Trinajstić information content (AvgIpc) is 2.67. The van der Waals surface area contributed by atoms with E-state index in [4.69, 9.17) is 11.6 Å². The van der Waals surface area contributed by atoms with Crippen molar-refractivity contribution in [3.8, 4) is 0 Å². The van der Waals surface area contributed by atoms with Crippen LogP contribution in [0.1, 0.15) is 16.7 Å². The first kappa shape index (κ1) is 14.7. The Balaban J connectivity index is 2.28. The number of aliphatic imine (C=N–C) groups is 1. The molecule has 1 N–H and O–H groups in total. The van der Waals surface area contributed by atoms with Crippen LogP contribution < -0.4 is 5.32 Å². The van der Waals surface area contributed by atoms with Crippen molar-refractivity contribution in [1.29, 1.82) is 0 Å². The Morgan fingerprint density at radius 3 is 2.86 bits per heavy atom. The number of fused-ring (bicyclic) bond motifs is 1. The van der Waals surface area contributed by atoms with Gasteiger partial charge in [0.1, 0.15) is 11.5 Å². The van der Waals surface area contributed by atoms with Gasteiger partial charge in [0.2, 0.25) is 5.91 Å². The molecule has 22 heavy (non-hydrogen) atoms. The van der Waals surface area contributed by atoms with Crippen molar-refractivity contribution < 1.29 is 9.72 Å². The number of anilines is 1. The Kier molecular flexibility index (Phi) is 3.67. The number of carbonyl (C=O) groups is 1. The second-order valence-corrected chi connectivity index (χ2v) is 6.31. The zero-order valence-corrected chi connectivity index (χ0v) is 13.0. The number of benzene rings is 1. The Morgan fingerprint density at radius 2 is 2.14 bits per heavy atom. The van der Waals surface area contributed by atoms with Crippen molar-refractivity contribution in [3.05, 3.63) is 55.4 Å². The summed E-state index contributed by atoms with van der Waals surface area (Å²) in [5, 5.41) is 14.6. The number of nitrogens with one attached hydrogen (secondary N) is 1. The summed E-state index contributed by atoms with van der Waals surface area (Å²) >= 11 is 7.38. The number of rotatable bonds is 2. The van der Waals surface area contributed by atoms with Crippen molar-refractivity contribution in [1.82, 2.24) is 0 Å². The SMILES string of the molecule is Cc1c(Cl)sc2c1C(c1ccccc1[N+](=O)[O-])=NCC(=O)N2. The second kappa shape index (κ2) is 5.51. The van der Waals surface area contributed by atoms with E-state index in [2.05, 4.69) is 10.3 Å². The summed E-state index contributed by atoms with van der Waals surface area (Å²) in [6.07, 6.45) is 0. The fourth-order valence-electron chi connectivity index (χ4n) is 2.31. The molecule has 2 aromatic rings. The van der Waals surface area contributed by atoms with Gasteiger partial charge < -0.3 is 5.32 Å². The third kappa shape index (κ3) is 2.38. The van der Waals surface area contributed by atoms with Crippen LogP contribution in [0, 0.1) is 17.0 Å². The van der Waals surface area contributed by atoms with Gasteiger partial charge in [-0.25, -0.2) is 0 Å². The molecule has 1 aliphatic rings. The van der Waals surface area contributed by atoms with Crippen molar-refractivity contribution >= 4 is 45.2 Å². The number of para-hydroxylation sites is 1. The molecule has 2 heterocycles. The summed E-state index contributed by atoms with van der Waals surface area (Å²) in [5.41, 5.74) is 2.14. The monoisotopic (exact) mass is 335 g/mol. The predicted molar refractivity (Wildman–Crippen MR) is 86.3 cm³/mol. The highest BCUT2D eigenvalue weighted by Gasteiger charge is 2.28. The molecule has 0 radical (unpaired) electrons. The number of nitro groups is 1. The van der Waals surface area contributed by atoms with E-state index >= 15 is 0 Å². The molecule has 1 amide bonds. The summed E-state index contributed by atoms with van der Waals surface area (Å²) in [5.74, 6) is -0.271. The Morgan fingerprint density at radius 1 is 1.41 bits per heavy atom. The zero-order valence-electron chi connectivity index (χ0n) is 11.4. The second-order valence-electron chi connectivity index (χ2n) is 4.69. The molecular formula is C14H10ClN3O3S. The lowest BCUT2D eigenvalue weighted by Crippen LogP contribution is -2.12. The summed E-state index contributed by atoms with van der Waals surface area (Å²) in [7, 11) is 0. The van der Waals surface area contributed by atoms with Crippen molar-refractivity contribution in [2.24, 2.45) is 4.99 Å². The highest BCUT2D eigenvalue weighted by Crippen LogP contribution is 2.40. The molecule has 1 aliphatic heterocycles. The maximum absolute atomic E-state index is 11.8. The van der Waals surface area contributed by atoms with E-state index in [1.165, 1.54) is 17.4 Å². The zero-order chi connectivity index (χ0) is 15.9. The number of carbonyl (C=O) groups excluding carboxylic acids is 1. The molecule has 8 heteroatoms. The van der Waals surface area contributed by atoms with Gasteiger partial charge in [0.05, 0.1) is 20.5 Å². The highest BCUT2D eigenvalue weighted by atomic mass is 35.5. The van der Waals surface area contributed by atoms with E-state index in [-0.39, 0.29) is 18.1 Å². The van der Waals surface area contributed by atoms with Crippen LogP contribution in [0.25, 0.3) is 0 Å². The van der Waals surface area contributed by atoms with E-state index < -0.39 is 4.92 Å². The largest absolute Gasteiger partial charge is 0.315 e. The van der Waals surface area contributed by atoms with Crippen LogP contribution in [0.3, 0.4) is 0 Å². The molecular weight excluding hydrogens is 326 g/mol. The van der Waals surface area contributed by atoms with Gasteiger partial charge in [-0.15, -0.1) is 11.3 Å². The van der Waals surface area contributed by atoms with Crippen LogP contribution in [0.15, 0.2) is 29.3 Å². The first-order valence-corrected chi connectivity index (χ1v) is 7.56. The summed E-state index contributed by atoms with van der Waals surface area (Å²) in [4.78, 5) is 26.9. The van der Waals surface area contributed by atoms with E-state index in [1.807, 2.05) is 0 Å². The molecule has 3 rings (SSSR count). The Hall–Kier alpha value is -2.25. The molecule has 0 fully saturated rings. The summed E-state index contributed by atoms with van der Waals surface area (Å²) in [6.45, 7) is 1.72. The van der Waals surface area contributed by atoms with Gasteiger partial charge >= 0.3 is 0 Å². The number of hydrogen-bond acceptors (Lipinski definition) is 5. The van der Waals surface area contributed by atoms with E-state index in [1.54, 1.807) is 25.1 Å². The molecule has 112 valence electrons. The Bertz CT molecular complexity index is 829. The third-order valence-corrected chi connectivity index (χ3v) is 4.83. The molecule has 0 spiro atoms. The number of thiophene rings is 1. The first-order chi connectivity index (χ1) is 10.5. The lowest BCUT2D eigenvalue weighted by atomic mass is 9.99. The molecule has 0 atom stereocenters. The topological polar surface area (TPSA) is 84.6 Å². The van der Waals surface area contributed by atoms with E-state index in [0.29, 0.717) is 26.2 Å². The standard InChI is InChI=1S/C14H10ClN3O3S/c1-7-11-12(8-4-2-3-5-9(8)18(20)21)16-6-10(19)17-14(11)22-13(7)15/h2-5H,6H2,1H3,(H,17,19). The molecule has 1 aromatic heterocycles. The van der Waals surface area contributed by atoms with Crippen molar-refractivity contribution in [2.75, 3.05) is 11.9 Å². The predicted octanol–water partition coefficient (Wildman–Crippen LogP) is 3.41. The van der Waals surface area contributed by atoms with E-state index in [0.717, 1.165) is 5.56 Å². The van der Waals surface area contributed by atoms with Crippen LogP contribution in [-0.2, 0) is 4.79 Å². The third-order valence-electron chi connectivity index (χ3n) is 3.31. The minimum absolute atomic E-state index is 0.0525. The fraction of sp³-hybridized carbons (Fsp3) is 0.143. The van der Waals surface area contributed by atoms with Gasteiger partial charge in [-0.1, -0.05) is 23.7 Å². The summed E-state index contributed by atoms with van der Waals surface area (Å²) < 4.78 is 0.526. The maximum Gasteiger partial charge on any atom is 0.278 e. The normalized spacial score (nSPS) is 13.9. The molecule has 0 unspecified atom stereocenters. The smallest absolute Gasteiger partial charge is 0.278 e. The molecule has 0 aliphatic carbocycles. The summed E-state index contributed by atoms with van der Waals surface area (Å²) in [6, 6.07) is 6.34. The van der Waals surface area contributed by atoms with Gasteiger partial charge in [0.25, 0.3) is 5.69 Å². The molecule has 1 aromatic carbocycles. The number of amides is 1. The molecule has 6 nitrogen and oxygen atoms in total. The van der Waals surface area contributed by atoms with Gasteiger partial charge in [-0.05, 0) is 18.6 Å². The van der Waals surface area contributed by atoms with Crippen molar-refractivity contribution in [3.63, 3.8) is 0 Å². The number of hydrogen-bond donors (Lipinski definition) is 1. The molecule has 0 bridgehead atoms. The average molecular weight is 336 g/mol. The van der Waals surface area contributed by atoms with Crippen LogP contribution in [0.5, 0.6) is 0 Å². The van der Waals surface area contributed by atoms with Crippen LogP contribution in [0.4, 0.5) is 10.7 Å². The van der Waals surface area contributed by atoms with E-state index in [9.17, 15) is 14.9 Å². The number of halogens is 1. The van der Waals surface area contributed by atoms with Gasteiger partial charge in [-0.3, -0.25) is 19.9 Å². The minimum atomic E-state index is -0.457. The van der Waals surface area contributed by atoms with Gasteiger partial charge in [0, 0.05) is 11.6 Å². The van der Waals surface area contributed by atoms with Crippen LogP contribution >= 0.6 is 22.9 Å². The van der Waals surface area contributed by atoms with Crippen LogP contribution in [0.2, 0.25) is 4.34 Å². The van der Waals surface area contributed by atoms with Crippen LogP contribution in [-0.4, -0.2) is 23.1 Å². The first-order valence-electron chi connectivity index (χ1n) is 6.36. The van der Waals surface area contributed by atoms with Crippen molar-refractivity contribution in [2.45, 2.75) is 6.92 Å². The maximum atomic E-state index is 11.8. The van der Waals surface area contributed by atoms with Gasteiger partial charge in [0.15, 0.2) is 0 Å². The van der Waals surface area contributed by atoms with Gasteiger partial charge in [-0.2, -0.15) is 0 Å². The lowest BCUT2D eigenvalue weighted by Gasteiger charge is -2.07. The highest BCUT2D eigenvalue weighted by molar-refractivity contribution is 7.20. The molecule has 0 saturated heterocycles. The number of nitro benzene ring substituents is 1. The quantitative estimate of drug-likeness (QED) is 0.674. The Labute approximate surface area is 134 Å².